The second-order valence-electron chi connectivity index (χ2n) is 5.45. The molecule has 0 fully saturated rings. The molecule has 1 aromatic heterocycles. The number of H-pyrrole nitrogens is 1. The van der Waals surface area contributed by atoms with Gasteiger partial charge in [0.2, 0.25) is 0 Å². The van der Waals surface area contributed by atoms with E-state index in [-0.39, 0.29) is 24.8 Å². The van der Waals surface area contributed by atoms with Crippen LogP contribution < -0.4 is 0 Å². The Morgan fingerprint density at radius 3 is 2.58 bits per heavy atom. The number of carbonyl (C=O) groups excluding carboxylic acids is 2. The maximum atomic E-state index is 11.9. The second kappa shape index (κ2) is 7.32. The van der Waals surface area contributed by atoms with Crippen molar-refractivity contribution in [3.8, 4) is 0 Å². The van der Waals surface area contributed by atoms with Crippen molar-refractivity contribution in [2.45, 2.75) is 12.8 Å². The Kier molecular flexibility index (Phi) is 4.96. The fourth-order valence-electron chi connectivity index (χ4n) is 2.51. The van der Waals surface area contributed by atoms with Crippen LogP contribution in [0.5, 0.6) is 0 Å². The molecule has 3 aromatic rings. The molecule has 5 heteroatoms. The zero-order valence-electron chi connectivity index (χ0n) is 12.9. The number of Topliss-reactive ketones (excluding diaryl/α,β-unsaturated/α-hetero) is 1. The Hall–Kier alpha value is -2.59. The first-order valence-corrected chi connectivity index (χ1v) is 8.00. The largest absolute Gasteiger partial charge is 0.457 e. The molecule has 24 heavy (non-hydrogen) atoms. The number of hydrogen-bond donors (Lipinski definition) is 1. The van der Waals surface area contributed by atoms with E-state index >= 15 is 0 Å². The topological polar surface area (TPSA) is 59.2 Å². The van der Waals surface area contributed by atoms with Gasteiger partial charge in [-0.05, 0) is 42.3 Å². The van der Waals surface area contributed by atoms with E-state index in [0.29, 0.717) is 17.0 Å². The summed E-state index contributed by atoms with van der Waals surface area (Å²) in [6, 6.07) is 14.4. The lowest BCUT2D eigenvalue weighted by Crippen LogP contribution is -2.14. The van der Waals surface area contributed by atoms with Gasteiger partial charge in [-0.1, -0.05) is 29.8 Å². The van der Waals surface area contributed by atoms with Crippen molar-refractivity contribution in [1.82, 2.24) is 4.98 Å². The summed E-state index contributed by atoms with van der Waals surface area (Å²) < 4.78 is 5.07. The maximum absolute atomic E-state index is 11.9. The number of aromatic nitrogens is 1. The van der Waals surface area contributed by atoms with Gasteiger partial charge in [0.25, 0.3) is 0 Å². The number of ether oxygens (including phenoxy) is 1. The van der Waals surface area contributed by atoms with Crippen molar-refractivity contribution < 1.29 is 14.3 Å². The molecule has 0 aliphatic carbocycles. The van der Waals surface area contributed by atoms with Crippen LogP contribution in [0.2, 0.25) is 5.02 Å². The summed E-state index contributed by atoms with van der Waals surface area (Å²) in [6.45, 7) is -0.256. The number of aromatic amines is 1. The third kappa shape index (κ3) is 3.84. The Morgan fingerprint density at radius 2 is 1.79 bits per heavy atom. The molecule has 0 atom stereocenters. The third-order valence-corrected chi connectivity index (χ3v) is 4.06. The highest BCUT2D eigenvalue weighted by Gasteiger charge is 2.11. The first-order valence-electron chi connectivity index (χ1n) is 7.63. The van der Waals surface area contributed by atoms with Gasteiger partial charge in [0, 0.05) is 34.1 Å². The molecule has 0 spiro atoms. The minimum atomic E-state index is -0.386. The number of ketones is 1. The number of esters is 1. The predicted molar refractivity (Wildman–Crippen MR) is 93.4 cm³/mol. The summed E-state index contributed by atoms with van der Waals surface area (Å²) in [4.78, 5) is 27.0. The van der Waals surface area contributed by atoms with Crippen molar-refractivity contribution >= 4 is 34.3 Å². The number of aryl methyl sites for hydroxylation is 1. The highest BCUT2D eigenvalue weighted by molar-refractivity contribution is 6.30. The molecule has 0 aliphatic heterocycles. The van der Waals surface area contributed by atoms with Crippen LogP contribution in [0.3, 0.4) is 0 Å². The van der Waals surface area contributed by atoms with Gasteiger partial charge in [-0.3, -0.25) is 9.59 Å². The van der Waals surface area contributed by atoms with Gasteiger partial charge < -0.3 is 9.72 Å². The first kappa shape index (κ1) is 16.3. The molecule has 4 nitrogen and oxygen atoms in total. The number of halogens is 1. The molecule has 0 bridgehead atoms. The van der Waals surface area contributed by atoms with Crippen LogP contribution in [0.15, 0.2) is 54.7 Å². The Balaban J connectivity index is 1.51. The van der Waals surface area contributed by atoms with Gasteiger partial charge in [-0.2, -0.15) is 0 Å². The average Bonchev–Trinajstić information content (AvgIpc) is 3.01. The molecule has 0 radical (unpaired) electrons. The van der Waals surface area contributed by atoms with E-state index in [1.807, 2.05) is 30.5 Å². The van der Waals surface area contributed by atoms with Crippen molar-refractivity contribution in [3.05, 3.63) is 70.9 Å². The number of nitrogens with one attached hydrogen (secondary N) is 1. The van der Waals surface area contributed by atoms with Crippen LogP contribution in [-0.4, -0.2) is 23.3 Å². The van der Waals surface area contributed by atoms with E-state index in [2.05, 4.69) is 4.98 Å². The van der Waals surface area contributed by atoms with Crippen LogP contribution in [0.25, 0.3) is 10.9 Å². The molecule has 0 unspecified atom stereocenters. The lowest BCUT2D eigenvalue weighted by Gasteiger charge is -2.04. The fourth-order valence-corrected chi connectivity index (χ4v) is 2.64. The van der Waals surface area contributed by atoms with Crippen molar-refractivity contribution in [3.63, 3.8) is 0 Å². The monoisotopic (exact) mass is 341 g/mol. The Morgan fingerprint density at radius 1 is 1.04 bits per heavy atom. The van der Waals surface area contributed by atoms with Crippen LogP contribution >= 0.6 is 11.6 Å². The molecule has 3 rings (SSSR count). The van der Waals surface area contributed by atoms with Crippen LogP contribution in [-0.2, 0) is 16.0 Å². The maximum Gasteiger partial charge on any atom is 0.306 e. The minimum absolute atomic E-state index is 0.232. The molecule has 1 heterocycles. The normalized spacial score (nSPS) is 10.7. The number of para-hydroxylation sites is 1. The number of carbonyl (C=O) groups is 2. The van der Waals surface area contributed by atoms with Crippen molar-refractivity contribution in [2.75, 3.05) is 6.61 Å². The van der Waals surface area contributed by atoms with E-state index in [1.165, 1.54) is 0 Å². The highest BCUT2D eigenvalue weighted by Crippen LogP contribution is 2.19. The zero-order valence-corrected chi connectivity index (χ0v) is 13.7. The minimum Gasteiger partial charge on any atom is -0.457 e. The summed E-state index contributed by atoms with van der Waals surface area (Å²) in [6.07, 6.45) is 2.70. The molecule has 0 amide bonds. The number of fused-ring (bicyclic) bond motifs is 1. The van der Waals surface area contributed by atoms with Crippen LogP contribution in [0, 0.1) is 0 Å². The summed E-state index contributed by atoms with van der Waals surface area (Å²) in [5, 5.41) is 1.66. The van der Waals surface area contributed by atoms with E-state index in [4.69, 9.17) is 16.3 Å². The number of hydrogen-bond acceptors (Lipinski definition) is 3. The molecular weight excluding hydrogens is 326 g/mol. The molecular formula is C19H16ClNO3. The van der Waals surface area contributed by atoms with Gasteiger partial charge in [0.15, 0.2) is 12.4 Å². The molecule has 0 saturated carbocycles. The molecule has 122 valence electrons. The average molecular weight is 342 g/mol. The molecule has 1 N–H and O–H groups in total. The second-order valence-corrected chi connectivity index (χ2v) is 5.89. The Labute approximate surface area is 144 Å². The van der Waals surface area contributed by atoms with E-state index < -0.39 is 0 Å². The van der Waals surface area contributed by atoms with Crippen LogP contribution in [0.1, 0.15) is 22.3 Å². The molecule has 0 saturated heterocycles. The van der Waals surface area contributed by atoms with Gasteiger partial charge in [-0.25, -0.2) is 0 Å². The van der Waals surface area contributed by atoms with Gasteiger partial charge in [-0.15, -0.1) is 0 Å². The lowest BCUT2D eigenvalue weighted by molar-refractivity contribution is -0.142. The third-order valence-electron chi connectivity index (χ3n) is 3.80. The molecule has 2 aromatic carbocycles. The smallest absolute Gasteiger partial charge is 0.306 e. The Bertz CT molecular complexity index is 868. The summed E-state index contributed by atoms with van der Waals surface area (Å²) >= 11 is 5.78. The fraction of sp³-hybridized carbons (Fsp3) is 0.158. The van der Waals surface area contributed by atoms with Crippen LogP contribution in [0.4, 0.5) is 0 Å². The van der Waals surface area contributed by atoms with Gasteiger partial charge in [0.05, 0.1) is 0 Å². The summed E-state index contributed by atoms with van der Waals surface area (Å²) in [5.74, 6) is -0.630. The highest BCUT2D eigenvalue weighted by atomic mass is 35.5. The first-order chi connectivity index (χ1) is 11.6. The van der Waals surface area contributed by atoms with Crippen molar-refractivity contribution in [1.29, 1.82) is 0 Å². The summed E-state index contributed by atoms with van der Waals surface area (Å²) in [7, 11) is 0. The van der Waals surface area contributed by atoms with E-state index in [1.54, 1.807) is 24.3 Å². The van der Waals surface area contributed by atoms with Gasteiger partial charge >= 0.3 is 5.97 Å². The number of rotatable bonds is 6. The molecule has 0 aliphatic rings. The lowest BCUT2D eigenvalue weighted by atomic mass is 10.1. The summed E-state index contributed by atoms with van der Waals surface area (Å²) in [5.41, 5.74) is 2.58. The number of benzene rings is 2. The standard InChI is InChI=1S/C19H16ClNO3/c20-15-8-5-13(6-9-15)18(22)12-24-19(23)10-7-14-11-21-17-4-2-1-3-16(14)17/h1-6,8-9,11,21H,7,10,12H2. The van der Waals surface area contributed by atoms with E-state index in [9.17, 15) is 9.59 Å². The SMILES string of the molecule is O=C(CCc1c[nH]c2ccccc12)OCC(=O)c1ccc(Cl)cc1. The predicted octanol–water partition coefficient (Wildman–Crippen LogP) is 4.18. The van der Waals surface area contributed by atoms with Crippen molar-refractivity contribution in [2.24, 2.45) is 0 Å². The van der Waals surface area contributed by atoms with E-state index in [0.717, 1.165) is 16.5 Å². The zero-order chi connectivity index (χ0) is 16.9. The van der Waals surface area contributed by atoms with Gasteiger partial charge in [0.1, 0.15) is 0 Å². The quantitative estimate of drug-likeness (QED) is 0.540.